The van der Waals surface area contributed by atoms with Crippen LogP contribution in [0.2, 0.25) is 5.02 Å². The molecule has 23 heavy (non-hydrogen) atoms. The molecule has 4 nitrogen and oxygen atoms in total. The van der Waals surface area contributed by atoms with Crippen molar-refractivity contribution in [1.29, 1.82) is 0 Å². The molecule has 1 aromatic heterocycles. The van der Waals surface area contributed by atoms with E-state index in [2.05, 4.69) is 9.97 Å². The third kappa shape index (κ3) is 3.52. The highest BCUT2D eigenvalue weighted by Gasteiger charge is 2.10. The first-order valence-electron chi connectivity index (χ1n) is 6.67. The summed E-state index contributed by atoms with van der Waals surface area (Å²) in [5.74, 6) is 0.143. The van der Waals surface area contributed by atoms with E-state index >= 15 is 0 Å². The molecule has 0 saturated carbocycles. The normalized spacial score (nSPS) is 10.3. The highest BCUT2D eigenvalue weighted by molar-refractivity contribution is 6.31. The van der Waals surface area contributed by atoms with Gasteiger partial charge >= 0.3 is 0 Å². The molecule has 0 N–H and O–H groups in total. The molecule has 0 saturated heterocycles. The molecule has 0 radical (unpaired) electrons. The summed E-state index contributed by atoms with van der Waals surface area (Å²) in [7, 11) is 0. The summed E-state index contributed by atoms with van der Waals surface area (Å²) >= 11 is 5.91. The number of ketones is 1. The second-order valence-electron chi connectivity index (χ2n) is 4.64. The SMILES string of the molecule is O=C(c1ccc(F)cc1)c1ccc(Oc2ncncc2Cl)cc1. The van der Waals surface area contributed by atoms with E-state index in [0.29, 0.717) is 21.9 Å². The maximum absolute atomic E-state index is 12.9. The average Bonchev–Trinajstić information content (AvgIpc) is 2.58. The number of carbonyl (C=O) groups is 1. The van der Waals surface area contributed by atoms with Gasteiger partial charge in [0.1, 0.15) is 22.9 Å². The molecule has 3 aromatic rings. The quantitative estimate of drug-likeness (QED) is 0.670. The monoisotopic (exact) mass is 328 g/mol. The number of carbonyl (C=O) groups excluding carboxylic acids is 1. The topological polar surface area (TPSA) is 52.1 Å². The van der Waals surface area contributed by atoms with Gasteiger partial charge in [0, 0.05) is 11.1 Å². The molecule has 0 spiro atoms. The molecule has 0 unspecified atom stereocenters. The zero-order valence-corrected chi connectivity index (χ0v) is 12.5. The molecule has 0 aliphatic heterocycles. The van der Waals surface area contributed by atoms with Crippen LogP contribution < -0.4 is 4.74 Å². The van der Waals surface area contributed by atoms with E-state index in [1.165, 1.54) is 36.8 Å². The van der Waals surface area contributed by atoms with Gasteiger partial charge in [-0.3, -0.25) is 4.79 Å². The lowest BCUT2D eigenvalue weighted by Crippen LogP contribution is -2.01. The van der Waals surface area contributed by atoms with E-state index in [1.807, 2.05) is 0 Å². The van der Waals surface area contributed by atoms with Crippen LogP contribution in [-0.4, -0.2) is 15.8 Å². The standard InChI is InChI=1S/C17H10ClFN2O2/c18-15-9-20-10-21-17(15)23-14-7-3-12(4-8-14)16(22)11-1-5-13(19)6-2-11/h1-10H. The average molecular weight is 329 g/mol. The Hall–Kier alpha value is -2.79. The molecule has 0 aliphatic carbocycles. The number of ether oxygens (including phenoxy) is 1. The number of hydrogen-bond acceptors (Lipinski definition) is 4. The van der Waals surface area contributed by atoms with Gasteiger partial charge in [0.2, 0.25) is 5.88 Å². The Bertz CT molecular complexity index is 836. The number of hydrogen-bond donors (Lipinski definition) is 0. The molecule has 3 rings (SSSR count). The Kier molecular flexibility index (Phi) is 4.30. The molecule has 0 atom stereocenters. The zero-order valence-electron chi connectivity index (χ0n) is 11.7. The Morgan fingerprint density at radius 1 is 1.00 bits per heavy atom. The molecule has 0 amide bonds. The number of aromatic nitrogens is 2. The van der Waals surface area contributed by atoms with Gasteiger partial charge in [-0.2, -0.15) is 0 Å². The summed E-state index contributed by atoms with van der Waals surface area (Å²) in [6, 6.07) is 11.9. The highest BCUT2D eigenvalue weighted by atomic mass is 35.5. The predicted octanol–water partition coefficient (Wildman–Crippen LogP) is 4.29. The lowest BCUT2D eigenvalue weighted by atomic mass is 10.0. The van der Waals surface area contributed by atoms with Gasteiger partial charge in [0.25, 0.3) is 0 Å². The second-order valence-corrected chi connectivity index (χ2v) is 5.05. The van der Waals surface area contributed by atoms with Crippen molar-refractivity contribution in [2.24, 2.45) is 0 Å². The van der Waals surface area contributed by atoms with Crippen molar-refractivity contribution in [2.45, 2.75) is 0 Å². The number of nitrogens with zero attached hydrogens (tertiary/aromatic N) is 2. The first kappa shape index (κ1) is 15.1. The molecule has 114 valence electrons. The Morgan fingerprint density at radius 2 is 1.61 bits per heavy atom. The van der Waals surface area contributed by atoms with E-state index < -0.39 is 0 Å². The predicted molar refractivity (Wildman–Crippen MR) is 83.4 cm³/mol. The molecule has 2 aromatic carbocycles. The molecule has 0 aliphatic rings. The molecular weight excluding hydrogens is 319 g/mol. The van der Waals surface area contributed by atoms with Crippen LogP contribution in [0.15, 0.2) is 61.1 Å². The van der Waals surface area contributed by atoms with Gasteiger partial charge in [-0.25, -0.2) is 14.4 Å². The summed E-state index contributed by atoms with van der Waals surface area (Å²) in [5, 5.41) is 0.291. The fourth-order valence-corrected chi connectivity index (χ4v) is 2.07. The van der Waals surface area contributed by atoms with Crippen molar-refractivity contribution in [3.63, 3.8) is 0 Å². The van der Waals surface area contributed by atoms with E-state index in [-0.39, 0.29) is 17.5 Å². The first-order valence-corrected chi connectivity index (χ1v) is 7.05. The third-order valence-corrected chi connectivity index (χ3v) is 3.33. The van der Waals surface area contributed by atoms with E-state index in [9.17, 15) is 9.18 Å². The summed E-state index contributed by atoms with van der Waals surface area (Å²) in [6.07, 6.45) is 2.75. The maximum atomic E-state index is 12.9. The van der Waals surface area contributed by atoms with Crippen molar-refractivity contribution < 1.29 is 13.9 Å². The second kappa shape index (κ2) is 6.54. The van der Waals surface area contributed by atoms with Crippen LogP contribution in [0.25, 0.3) is 0 Å². The third-order valence-electron chi connectivity index (χ3n) is 3.07. The first-order chi connectivity index (χ1) is 11.1. The minimum Gasteiger partial charge on any atom is -0.437 e. The lowest BCUT2D eigenvalue weighted by Gasteiger charge is -2.06. The maximum Gasteiger partial charge on any atom is 0.241 e. The largest absolute Gasteiger partial charge is 0.437 e. The highest BCUT2D eigenvalue weighted by Crippen LogP contribution is 2.26. The van der Waals surface area contributed by atoms with E-state index in [0.717, 1.165) is 0 Å². The number of halogens is 2. The lowest BCUT2D eigenvalue weighted by molar-refractivity contribution is 0.103. The Morgan fingerprint density at radius 3 is 2.22 bits per heavy atom. The van der Waals surface area contributed by atoms with Crippen molar-refractivity contribution in [2.75, 3.05) is 0 Å². The van der Waals surface area contributed by atoms with Crippen molar-refractivity contribution >= 4 is 17.4 Å². The van der Waals surface area contributed by atoms with Crippen LogP contribution >= 0.6 is 11.6 Å². The van der Waals surface area contributed by atoms with Crippen LogP contribution in [0.5, 0.6) is 11.6 Å². The minimum absolute atomic E-state index is 0.198. The molecule has 0 fully saturated rings. The van der Waals surface area contributed by atoms with Gasteiger partial charge < -0.3 is 4.74 Å². The van der Waals surface area contributed by atoms with E-state index in [4.69, 9.17) is 16.3 Å². The van der Waals surface area contributed by atoms with Crippen LogP contribution in [0.3, 0.4) is 0 Å². The molecule has 1 heterocycles. The van der Waals surface area contributed by atoms with Crippen molar-refractivity contribution in [3.05, 3.63) is 83.0 Å². The fourth-order valence-electron chi connectivity index (χ4n) is 1.93. The van der Waals surface area contributed by atoms with Crippen LogP contribution in [0.1, 0.15) is 15.9 Å². The Balaban J connectivity index is 1.78. The van der Waals surface area contributed by atoms with Crippen molar-refractivity contribution in [1.82, 2.24) is 9.97 Å². The van der Waals surface area contributed by atoms with Gasteiger partial charge in [0.15, 0.2) is 5.78 Å². The van der Waals surface area contributed by atoms with Gasteiger partial charge in [-0.15, -0.1) is 0 Å². The number of benzene rings is 2. The van der Waals surface area contributed by atoms with E-state index in [1.54, 1.807) is 24.3 Å². The molecular formula is C17H10ClFN2O2. The van der Waals surface area contributed by atoms with Crippen LogP contribution in [-0.2, 0) is 0 Å². The Labute approximate surface area is 136 Å². The van der Waals surface area contributed by atoms with Gasteiger partial charge in [0.05, 0.1) is 6.20 Å². The number of rotatable bonds is 4. The van der Waals surface area contributed by atoms with Crippen molar-refractivity contribution in [3.8, 4) is 11.6 Å². The summed E-state index contributed by atoms with van der Waals surface area (Å²) in [5.41, 5.74) is 0.886. The van der Waals surface area contributed by atoms with Crippen LogP contribution in [0, 0.1) is 5.82 Å². The minimum atomic E-state index is -0.382. The zero-order chi connectivity index (χ0) is 16.2. The molecule has 0 bridgehead atoms. The fraction of sp³-hybridized carbons (Fsp3) is 0. The summed E-state index contributed by atoms with van der Waals surface area (Å²) in [6.45, 7) is 0. The molecule has 6 heteroatoms. The smallest absolute Gasteiger partial charge is 0.241 e. The summed E-state index contributed by atoms with van der Waals surface area (Å²) < 4.78 is 18.4. The van der Waals surface area contributed by atoms with Gasteiger partial charge in [-0.05, 0) is 48.5 Å². The van der Waals surface area contributed by atoms with Gasteiger partial charge in [-0.1, -0.05) is 11.6 Å². The van der Waals surface area contributed by atoms with Crippen LogP contribution in [0.4, 0.5) is 4.39 Å². The summed E-state index contributed by atoms with van der Waals surface area (Å²) in [4.78, 5) is 20.0.